The Kier molecular flexibility index (Phi) is 3.23. The second-order valence-corrected chi connectivity index (χ2v) is 5.03. The van der Waals surface area contributed by atoms with Crippen LogP contribution in [0.5, 0.6) is 0 Å². The summed E-state index contributed by atoms with van der Waals surface area (Å²) in [6.07, 6.45) is 1.30. The van der Waals surface area contributed by atoms with Gasteiger partial charge in [-0.15, -0.1) is 0 Å². The molecule has 0 aliphatic heterocycles. The van der Waals surface area contributed by atoms with Gasteiger partial charge in [0.25, 0.3) is 0 Å². The van der Waals surface area contributed by atoms with Gasteiger partial charge in [-0.2, -0.15) is 5.10 Å². The van der Waals surface area contributed by atoms with Crippen LogP contribution < -0.4 is 11.0 Å². The average molecular weight is 276 g/mol. The molecule has 3 rings (SSSR count). The third kappa shape index (κ3) is 2.69. The van der Waals surface area contributed by atoms with Crippen LogP contribution in [-0.2, 0) is 6.54 Å². The molecule has 0 spiro atoms. The molecule has 4 N–H and O–H groups in total. The van der Waals surface area contributed by atoms with Crippen LogP contribution in [0.4, 0.5) is 5.82 Å². The van der Waals surface area contributed by atoms with E-state index in [9.17, 15) is 9.90 Å². The summed E-state index contributed by atoms with van der Waals surface area (Å²) >= 11 is 0. The molecule has 0 amide bonds. The Morgan fingerprint density at radius 2 is 2.25 bits per heavy atom. The summed E-state index contributed by atoms with van der Waals surface area (Å²) in [5.74, 6) is 2.20. The van der Waals surface area contributed by atoms with E-state index in [4.69, 9.17) is 0 Å². The molecular formula is C12H16N6O2. The second-order valence-electron chi connectivity index (χ2n) is 5.03. The van der Waals surface area contributed by atoms with E-state index < -0.39 is 0 Å². The molecule has 2 aromatic rings. The average Bonchev–Trinajstić information content (AvgIpc) is 2.78. The number of aromatic nitrogens is 5. The van der Waals surface area contributed by atoms with Crippen molar-refractivity contribution in [3.05, 3.63) is 33.9 Å². The molecule has 2 aromatic heterocycles. The number of anilines is 1. The minimum Gasteiger partial charge on any atom is -0.393 e. The van der Waals surface area contributed by atoms with Gasteiger partial charge in [-0.25, -0.2) is 19.9 Å². The van der Waals surface area contributed by atoms with Gasteiger partial charge in [0, 0.05) is 17.7 Å². The maximum absolute atomic E-state index is 10.9. The molecule has 8 nitrogen and oxygen atoms in total. The summed E-state index contributed by atoms with van der Waals surface area (Å²) < 4.78 is 0. The number of H-pyrrole nitrogens is 2. The molecule has 0 bridgehead atoms. The van der Waals surface area contributed by atoms with Crippen molar-refractivity contribution in [3.8, 4) is 0 Å². The summed E-state index contributed by atoms with van der Waals surface area (Å²) in [6.45, 7) is 2.21. The van der Waals surface area contributed by atoms with E-state index >= 15 is 0 Å². The fourth-order valence-electron chi connectivity index (χ4n) is 2.28. The van der Waals surface area contributed by atoms with Crippen LogP contribution >= 0.6 is 0 Å². The van der Waals surface area contributed by atoms with Crippen molar-refractivity contribution in [2.24, 2.45) is 0 Å². The molecular weight excluding hydrogens is 260 g/mol. The van der Waals surface area contributed by atoms with Crippen LogP contribution in [0, 0.1) is 6.92 Å². The lowest BCUT2D eigenvalue weighted by Gasteiger charge is -2.31. The first-order valence-electron chi connectivity index (χ1n) is 6.51. The molecule has 0 saturated heterocycles. The standard InChI is InChI=1S/C12H16N6O2/c1-6-14-9(7-2-8(19)3-7)4-10(15-6)13-5-11-16-12(20)18-17-11/h4,7-8,19H,2-3,5H2,1H3,(H,13,14,15)(H2,16,17,18,20). The molecule has 8 heteroatoms. The molecule has 0 atom stereocenters. The lowest BCUT2D eigenvalue weighted by Crippen LogP contribution is -2.27. The zero-order valence-corrected chi connectivity index (χ0v) is 11.1. The zero-order chi connectivity index (χ0) is 14.1. The fourth-order valence-corrected chi connectivity index (χ4v) is 2.28. The topological polar surface area (TPSA) is 120 Å². The van der Waals surface area contributed by atoms with Gasteiger partial charge in [0.1, 0.15) is 17.5 Å². The van der Waals surface area contributed by atoms with Crippen molar-refractivity contribution in [2.75, 3.05) is 5.32 Å². The monoisotopic (exact) mass is 276 g/mol. The molecule has 2 heterocycles. The van der Waals surface area contributed by atoms with Crippen LogP contribution in [0.3, 0.4) is 0 Å². The third-order valence-corrected chi connectivity index (χ3v) is 3.38. The van der Waals surface area contributed by atoms with Gasteiger partial charge in [0.2, 0.25) is 0 Å². The Morgan fingerprint density at radius 3 is 2.90 bits per heavy atom. The minimum atomic E-state index is -0.329. The molecule has 1 aliphatic rings. The quantitative estimate of drug-likeness (QED) is 0.626. The smallest absolute Gasteiger partial charge is 0.340 e. The number of rotatable bonds is 4. The van der Waals surface area contributed by atoms with Gasteiger partial charge in [-0.1, -0.05) is 0 Å². The molecule has 0 radical (unpaired) electrons. The van der Waals surface area contributed by atoms with E-state index in [0.717, 1.165) is 18.5 Å². The van der Waals surface area contributed by atoms with E-state index in [-0.39, 0.29) is 11.8 Å². The van der Waals surface area contributed by atoms with E-state index in [1.54, 1.807) is 0 Å². The van der Waals surface area contributed by atoms with Crippen LogP contribution in [0.1, 0.15) is 36.1 Å². The first-order chi connectivity index (χ1) is 9.60. The lowest BCUT2D eigenvalue weighted by molar-refractivity contribution is 0.0731. The predicted octanol–water partition coefficient (Wildman–Crippen LogP) is 0.0468. The second kappa shape index (κ2) is 5.04. The van der Waals surface area contributed by atoms with Gasteiger partial charge < -0.3 is 10.4 Å². The predicted molar refractivity (Wildman–Crippen MR) is 71.3 cm³/mol. The van der Waals surface area contributed by atoms with Gasteiger partial charge in [0.15, 0.2) is 0 Å². The zero-order valence-electron chi connectivity index (χ0n) is 11.1. The highest BCUT2D eigenvalue weighted by Gasteiger charge is 2.30. The van der Waals surface area contributed by atoms with Crippen molar-refractivity contribution in [2.45, 2.75) is 38.3 Å². The summed E-state index contributed by atoms with van der Waals surface area (Å²) in [4.78, 5) is 22.2. The van der Waals surface area contributed by atoms with Crippen LogP contribution in [0.15, 0.2) is 10.9 Å². The van der Waals surface area contributed by atoms with Crippen molar-refractivity contribution in [1.29, 1.82) is 0 Å². The summed E-state index contributed by atoms with van der Waals surface area (Å²) in [5, 5.41) is 18.6. The number of aliphatic hydroxyl groups is 1. The van der Waals surface area contributed by atoms with E-state index in [1.807, 2.05) is 13.0 Å². The molecule has 1 fully saturated rings. The van der Waals surface area contributed by atoms with Crippen molar-refractivity contribution in [3.63, 3.8) is 0 Å². The van der Waals surface area contributed by atoms with Gasteiger partial charge in [0.05, 0.1) is 12.6 Å². The molecule has 106 valence electrons. The number of hydrogen-bond acceptors (Lipinski definition) is 6. The summed E-state index contributed by atoms with van der Waals surface area (Å²) in [7, 11) is 0. The number of aromatic amines is 2. The Labute approximate surface area is 114 Å². The maximum Gasteiger partial charge on any atom is 0.340 e. The Balaban J connectivity index is 1.71. The minimum absolute atomic E-state index is 0.208. The van der Waals surface area contributed by atoms with E-state index in [1.165, 1.54) is 0 Å². The third-order valence-electron chi connectivity index (χ3n) is 3.38. The largest absolute Gasteiger partial charge is 0.393 e. The Morgan fingerprint density at radius 1 is 1.45 bits per heavy atom. The lowest BCUT2D eigenvalue weighted by atomic mass is 9.80. The van der Waals surface area contributed by atoms with Crippen molar-refractivity contribution >= 4 is 5.82 Å². The number of hydrogen-bond donors (Lipinski definition) is 4. The highest BCUT2D eigenvalue weighted by molar-refractivity contribution is 5.37. The molecule has 0 aromatic carbocycles. The SMILES string of the molecule is Cc1nc(NCc2n[nH]c(=O)[nH]2)cc(C2CC(O)C2)n1. The van der Waals surface area contributed by atoms with Gasteiger partial charge in [-0.05, 0) is 19.8 Å². The van der Waals surface area contributed by atoms with Crippen LogP contribution in [-0.4, -0.2) is 36.4 Å². The highest BCUT2D eigenvalue weighted by atomic mass is 16.3. The molecule has 20 heavy (non-hydrogen) atoms. The normalized spacial score (nSPS) is 21.5. The maximum atomic E-state index is 10.9. The Bertz CT molecular complexity index is 658. The van der Waals surface area contributed by atoms with Crippen LogP contribution in [0.25, 0.3) is 0 Å². The number of nitrogens with one attached hydrogen (secondary N) is 3. The molecule has 0 unspecified atom stereocenters. The van der Waals surface area contributed by atoms with Crippen molar-refractivity contribution < 1.29 is 5.11 Å². The van der Waals surface area contributed by atoms with E-state index in [0.29, 0.717) is 29.9 Å². The Hall–Kier alpha value is -2.22. The van der Waals surface area contributed by atoms with E-state index in [2.05, 4.69) is 30.5 Å². The number of nitrogens with zero attached hydrogens (tertiary/aromatic N) is 3. The summed E-state index contributed by atoms with van der Waals surface area (Å²) in [5.41, 5.74) is 0.616. The van der Waals surface area contributed by atoms with Crippen molar-refractivity contribution in [1.82, 2.24) is 25.1 Å². The number of aryl methyl sites for hydroxylation is 1. The first-order valence-corrected chi connectivity index (χ1v) is 6.51. The first kappa shape index (κ1) is 12.8. The van der Waals surface area contributed by atoms with Gasteiger partial charge in [-0.3, -0.25) is 4.98 Å². The van der Waals surface area contributed by atoms with Crippen LogP contribution in [0.2, 0.25) is 0 Å². The fraction of sp³-hybridized carbons (Fsp3) is 0.500. The van der Waals surface area contributed by atoms with Gasteiger partial charge >= 0.3 is 5.69 Å². The highest BCUT2D eigenvalue weighted by Crippen LogP contribution is 2.36. The number of aliphatic hydroxyl groups excluding tert-OH is 1. The molecule has 1 aliphatic carbocycles. The molecule has 1 saturated carbocycles. The summed E-state index contributed by atoms with van der Waals surface area (Å²) in [6, 6.07) is 1.88.